The number of aromatic amines is 1. The van der Waals surface area contributed by atoms with Crippen LogP contribution in [0.5, 0.6) is 0 Å². The Bertz CT molecular complexity index is 1090. The molecule has 3 atom stereocenters. The van der Waals surface area contributed by atoms with E-state index in [1.54, 1.807) is 10.5 Å². The number of aromatic nitrogens is 3. The number of carbonyl (C=O) groups is 1. The fraction of sp³-hybridized carbons (Fsp3) is 0.696. The summed E-state index contributed by atoms with van der Waals surface area (Å²) in [6.45, 7) is 14.5. The predicted molar refractivity (Wildman–Crippen MR) is 126 cm³/mol. The highest BCUT2D eigenvalue weighted by atomic mass is 16.5. The normalized spacial score (nSPS) is 28.4. The molecular formula is C23H35N7O3. The molecule has 0 aliphatic carbocycles. The molecule has 5 heterocycles. The van der Waals surface area contributed by atoms with Gasteiger partial charge < -0.3 is 15.0 Å². The number of carbonyl (C=O) groups excluding carboxylic acids is 1. The first-order valence-corrected chi connectivity index (χ1v) is 11.9. The van der Waals surface area contributed by atoms with Crippen LogP contribution in [0, 0.1) is 0 Å². The summed E-state index contributed by atoms with van der Waals surface area (Å²) < 4.78 is 7.21. The highest BCUT2D eigenvalue weighted by Gasteiger charge is 2.42. The van der Waals surface area contributed by atoms with Crippen LogP contribution in [0.4, 0.5) is 5.69 Å². The Balaban J connectivity index is 1.38. The van der Waals surface area contributed by atoms with Gasteiger partial charge in [0.05, 0.1) is 31.1 Å². The maximum absolute atomic E-state index is 13.7. The summed E-state index contributed by atoms with van der Waals surface area (Å²) in [6.07, 6.45) is 0. The standard InChI is InChI=1S/C23H35N7O3/c1-15-10-28(17(9-24-15)11-27-7-8-33-13-16(27)2)12-20(31)29-14-23(3,4)21-18(29)5-6-19-25-26-22(32)30(19)21/h5-6,15-17,24H,7-14H2,1-4H3,(H,26,32)/t15-,16-,17-/m1/s1. The number of H-pyrrole nitrogens is 1. The molecule has 2 aromatic rings. The molecule has 10 heteroatoms. The van der Waals surface area contributed by atoms with Crippen molar-refractivity contribution in [3.8, 4) is 0 Å². The molecule has 3 aliphatic heterocycles. The van der Waals surface area contributed by atoms with Gasteiger partial charge in [0, 0.05) is 56.3 Å². The van der Waals surface area contributed by atoms with Gasteiger partial charge in [0.15, 0.2) is 5.65 Å². The van der Waals surface area contributed by atoms with Gasteiger partial charge in [-0.1, -0.05) is 13.8 Å². The minimum absolute atomic E-state index is 0.0758. The van der Waals surface area contributed by atoms with E-state index in [9.17, 15) is 9.59 Å². The number of ether oxygens (including phenoxy) is 1. The number of amides is 1. The smallest absolute Gasteiger partial charge is 0.348 e. The first-order chi connectivity index (χ1) is 15.7. The Morgan fingerprint density at radius 1 is 1.27 bits per heavy atom. The highest BCUT2D eigenvalue weighted by molar-refractivity contribution is 5.97. The molecule has 0 radical (unpaired) electrons. The van der Waals surface area contributed by atoms with Crippen LogP contribution in [-0.2, 0) is 14.9 Å². The summed E-state index contributed by atoms with van der Waals surface area (Å²) in [5.41, 5.74) is 1.62. The second kappa shape index (κ2) is 8.50. The number of piperazine rings is 1. The monoisotopic (exact) mass is 457 g/mol. The maximum atomic E-state index is 13.7. The summed E-state index contributed by atoms with van der Waals surface area (Å²) in [6, 6.07) is 4.71. The Morgan fingerprint density at radius 3 is 2.88 bits per heavy atom. The third-order valence-electron chi connectivity index (χ3n) is 7.36. The fourth-order valence-electron chi connectivity index (χ4n) is 5.60. The van der Waals surface area contributed by atoms with Crippen molar-refractivity contribution < 1.29 is 9.53 Å². The van der Waals surface area contributed by atoms with Gasteiger partial charge in [0.25, 0.3) is 0 Å². The molecule has 10 nitrogen and oxygen atoms in total. The van der Waals surface area contributed by atoms with Crippen molar-refractivity contribution in [2.24, 2.45) is 0 Å². The van der Waals surface area contributed by atoms with E-state index in [0.717, 1.165) is 50.8 Å². The molecule has 180 valence electrons. The number of nitrogens with zero attached hydrogens (tertiary/aromatic N) is 5. The Hall–Kier alpha value is -2.27. The quantitative estimate of drug-likeness (QED) is 0.669. The molecule has 2 saturated heterocycles. The Labute approximate surface area is 193 Å². The lowest BCUT2D eigenvalue weighted by molar-refractivity contribution is -0.121. The second-order valence-electron chi connectivity index (χ2n) is 10.5. The van der Waals surface area contributed by atoms with Gasteiger partial charge in [-0.3, -0.25) is 14.6 Å². The fourth-order valence-corrected chi connectivity index (χ4v) is 5.60. The van der Waals surface area contributed by atoms with Gasteiger partial charge in [-0.15, -0.1) is 0 Å². The van der Waals surface area contributed by atoms with Crippen molar-refractivity contribution in [3.05, 3.63) is 28.3 Å². The summed E-state index contributed by atoms with van der Waals surface area (Å²) in [4.78, 5) is 32.7. The van der Waals surface area contributed by atoms with Gasteiger partial charge in [-0.2, -0.15) is 5.10 Å². The number of pyridine rings is 1. The zero-order valence-electron chi connectivity index (χ0n) is 20.0. The second-order valence-corrected chi connectivity index (χ2v) is 10.5. The SMILES string of the molecule is C[C@@H]1CN(CC(=O)N2CC(C)(C)c3c2ccc2n[nH]c(=O)n32)[C@@H](CN2CCOC[C@H]2C)CN1. The number of hydrogen-bond acceptors (Lipinski definition) is 7. The van der Waals surface area contributed by atoms with Crippen LogP contribution in [0.25, 0.3) is 5.65 Å². The van der Waals surface area contributed by atoms with Crippen LogP contribution >= 0.6 is 0 Å². The topological polar surface area (TPSA) is 98.2 Å². The summed E-state index contributed by atoms with van der Waals surface area (Å²) in [7, 11) is 0. The van der Waals surface area contributed by atoms with E-state index < -0.39 is 0 Å². The summed E-state index contributed by atoms with van der Waals surface area (Å²) in [5.74, 6) is 0.0758. The van der Waals surface area contributed by atoms with E-state index in [4.69, 9.17) is 4.74 Å². The molecule has 1 amide bonds. The van der Waals surface area contributed by atoms with Crippen LogP contribution < -0.4 is 15.9 Å². The lowest BCUT2D eigenvalue weighted by Gasteiger charge is -2.43. The maximum Gasteiger partial charge on any atom is 0.348 e. The Morgan fingerprint density at radius 2 is 2.09 bits per heavy atom. The minimum Gasteiger partial charge on any atom is -0.379 e. The first-order valence-electron chi connectivity index (χ1n) is 11.9. The van der Waals surface area contributed by atoms with Crippen molar-refractivity contribution in [2.45, 2.75) is 51.2 Å². The van der Waals surface area contributed by atoms with Crippen molar-refractivity contribution in [1.82, 2.24) is 29.7 Å². The average molecular weight is 458 g/mol. The highest BCUT2D eigenvalue weighted by Crippen LogP contribution is 2.40. The average Bonchev–Trinajstić information content (AvgIpc) is 3.28. The van der Waals surface area contributed by atoms with Gasteiger partial charge in [0.2, 0.25) is 5.91 Å². The third kappa shape index (κ3) is 4.09. The largest absolute Gasteiger partial charge is 0.379 e. The molecule has 0 saturated carbocycles. The van der Waals surface area contributed by atoms with Crippen molar-refractivity contribution in [2.75, 3.05) is 57.4 Å². The number of rotatable bonds is 4. The molecule has 3 aliphatic rings. The van der Waals surface area contributed by atoms with Gasteiger partial charge in [-0.25, -0.2) is 14.3 Å². The van der Waals surface area contributed by atoms with E-state index in [1.165, 1.54) is 0 Å². The van der Waals surface area contributed by atoms with Gasteiger partial charge in [-0.05, 0) is 26.0 Å². The number of hydrogen-bond donors (Lipinski definition) is 2. The van der Waals surface area contributed by atoms with Crippen LogP contribution in [0.1, 0.15) is 33.4 Å². The minimum atomic E-state index is -0.350. The molecule has 0 aromatic carbocycles. The lowest BCUT2D eigenvalue weighted by atomic mass is 9.91. The van der Waals surface area contributed by atoms with Crippen molar-refractivity contribution in [1.29, 1.82) is 0 Å². The van der Waals surface area contributed by atoms with Crippen LogP contribution in [-0.4, -0.2) is 101 Å². The lowest BCUT2D eigenvalue weighted by Crippen LogP contribution is -2.62. The van der Waals surface area contributed by atoms with Crippen LogP contribution in [0.3, 0.4) is 0 Å². The van der Waals surface area contributed by atoms with E-state index >= 15 is 0 Å². The van der Waals surface area contributed by atoms with Crippen molar-refractivity contribution >= 4 is 17.2 Å². The number of anilines is 1. The van der Waals surface area contributed by atoms with Gasteiger partial charge >= 0.3 is 5.69 Å². The summed E-state index contributed by atoms with van der Waals surface area (Å²) >= 11 is 0. The zero-order chi connectivity index (χ0) is 23.3. The number of nitrogens with one attached hydrogen (secondary N) is 2. The molecule has 33 heavy (non-hydrogen) atoms. The zero-order valence-corrected chi connectivity index (χ0v) is 20.0. The molecule has 2 N–H and O–H groups in total. The molecule has 0 bridgehead atoms. The number of morpholine rings is 1. The molecular weight excluding hydrogens is 422 g/mol. The van der Waals surface area contributed by atoms with Crippen LogP contribution in [0.2, 0.25) is 0 Å². The van der Waals surface area contributed by atoms with E-state index in [2.05, 4.69) is 53.0 Å². The first kappa shape index (κ1) is 22.5. The molecule has 2 aromatic heterocycles. The molecule has 0 spiro atoms. The van der Waals surface area contributed by atoms with Gasteiger partial charge in [0.1, 0.15) is 0 Å². The van der Waals surface area contributed by atoms with E-state index in [1.807, 2.05) is 11.0 Å². The third-order valence-corrected chi connectivity index (χ3v) is 7.36. The predicted octanol–water partition coefficient (Wildman–Crippen LogP) is 0.0298. The van der Waals surface area contributed by atoms with E-state index in [-0.39, 0.29) is 23.1 Å². The van der Waals surface area contributed by atoms with Crippen molar-refractivity contribution in [3.63, 3.8) is 0 Å². The molecule has 5 rings (SSSR count). The van der Waals surface area contributed by atoms with Crippen LogP contribution in [0.15, 0.2) is 16.9 Å². The Kier molecular flexibility index (Phi) is 5.80. The molecule has 2 fully saturated rings. The number of fused-ring (bicyclic) bond motifs is 3. The molecule has 0 unspecified atom stereocenters. The van der Waals surface area contributed by atoms with E-state index in [0.29, 0.717) is 30.8 Å². The summed E-state index contributed by atoms with van der Waals surface area (Å²) in [5, 5.41) is 10.2.